The van der Waals surface area contributed by atoms with Gasteiger partial charge in [-0.15, -0.1) is 0 Å². The number of carbonyl (C=O) groups is 2. The third kappa shape index (κ3) is 4.06. The molecule has 0 fully saturated rings. The number of nitrogens with two attached hydrogens (primary N) is 1. The SMILES string of the molecule is CN[C@H](Cc1ccccc1)CN(C(N)=O)C(=O)O. The lowest BCUT2D eigenvalue weighted by atomic mass is 10.1. The monoisotopic (exact) mass is 251 g/mol. The normalized spacial score (nSPS) is 11.8. The Kier molecular flexibility index (Phi) is 5.13. The summed E-state index contributed by atoms with van der Waals surface area (Å²) in [6, 6.07) is 8.48. The van der Waals surface area contributed by atoms with Crippen LogP contribution >= 0.6 is 0 Å². The van der Waals surface area contributed by atoms with Crippen molar-refractivity contribution in [3.63, 3.8) is 0 Å². The van der Waals surface area contributed by atoms with E-state index in [2.05, 4.69) is 5.32 Å². The maximum atomic E-state index is 11.0. The Bertz CT molecular complexity index is 394. The number of urea groups is 1. The van der Waals surface area contributed by atoms with Crippen molar-refractivity contribution in [3.8, 4) is 0 Å². The lowest BCUT2D eigenvalue weighted by molar-refractivity contribution is 0.147. The van der Waals surface area contributed by atoms with E-state index in [1.807, 2.05) is 30.3 Å². The molecule has 6 nitrogen and oxygen atoms in total. The predicted molar refractivity (Wildman–Crippen MR) is 67.3 cm³/mol. The summed E-state index contributed by atoms with van der Waals surface area (Å²) < 4.78 is 0. The van der Waals surface area contributed by atoms with Crippen LogP contribution in [-0.2, 0) is 6.42 Å². The molecule has 0 heterocycles. The molecule has 18 heavy (non-hydrogen) atoms. The molecule has 1 rings (SSSR count). The molecule has 3 amide bonds. The van der Waals surface area contributed by atoms with Gasteiger partial charge in [0.15, 0.2) is 0 Å². The first-order valence-electron chi connectivity index (χ1n) is 5.55. The highest BCUT2D eigenvalue weighted by Gasteiger charge is 2.21. The zero-order valence-corrected chi connectivity index (χ0v) is 10.2. The van der Waals surface area contributed by atoms with Gasteiger partial charge in [-0.25, -0.2) is 14.5 Å². The maximum Gasteiger partial charge on any atom is 0.415 e. The molecular weight excluding hydrogens is 234 g/mol. The van der Waals surface area contributed by atoms with E-state index in [-0.39, 0.29) is 12.6 Å². The van der Waals surface area contributed by atoms with Crippen LogP contribution in [0.25, 0.3) is 0 Å². The molecule has 1 aromatic carbocycles. The van der Waals surface area contributed by atoms with Gasteiger partial charge in [0.05, 0.1) is 0 Å². The molecule has 0 saturated heterocycles. The first-order valence-corrected chi connectivity index (χ1v) is 5.55. The van der Waals surface area contributed by atoms with Crippen LogP contribution in [0, 0.1) is 0 Å². The number of amides is 3. The van der Waals surface area contributed by atoms with Crippen LogP contribution in [0.15, 0.2) is 30.3 Å². The van der Waals surface area contributed by atoms with E-state index in [9.17, 15) is 9.59 Å². The summed E-state index contributed by atoms with van der Waals surface area (Å²) in [5.74, 6) is 0. The minimum Gasteiger partial charge on any atom is -0.465 e. The van der Waals surface area contributed by atoms with Crippen molar-refractivity contribution in [1.82, 2.24) is 10.2 Å². The second-order valence-electron chi connectivity index (χ2n) is 3.91. The molecule has 0 aliphatic carbocycles. The number of benzene rings is 1. The van der Waals surface area contributed by atoms with Crippen molar-refractivity contribution in [1.29, 1.82) is 0 Å². The van der Waals surface area contributed by atoms with Crippen LogP contribution in [0.5, 0.6) is 0 Å². The second-order valence-corrected chi connectivity index (χ2v) is 3.91. The van der Waals surface area contributed by atoms with Crippen molar-refractivity contribution < 1.29 is 14.7 Å². The summed E-state index contributed by atoms with van der Waals surface area (Å²) in [5, 5.41) is 11.8. The van der Waals surface area contributed by atoms with E-state index in [0.29, 0.717) is 11.3 Å². The quantitative estimate of drug-likeness (QED) is 0.723. The Balaban J connectivity index is 2.67. The molecule has 0 bridgehead atoms. The van der Waals surface area contributed by atoms with Gasteiger partial charge in [-0.2, -0.15) is 0 Å². The molecule has 6 heteroatoms. The van der Waals surface area contributed by atoms with Gasteiger partial charge in [-0.3, -0.25) is 0 Å². The average molecular weight is 251 g/mol. The fourth-order valence-corrected chi connectivity index (χ4v) is 1.64. The van der Waals surface area contributed by atoms with Crippen LogP contribution in [-0.4, -0.2) is 41.8 Å². The van der Waals surface area contributed by atoms with E-state index >= 15 is 0 Å². The molecule has 0 radical (unpaired) electrons. The Hall–Kier alpha value is -2.08. The number of carbonyl (C=O) groups excluding carboxylic acids is 1. The van der Waals surface area contributed by atoms with Gasteiger partial charge in [0, 0.05) is 12.6 Å². The Morgan fingerprint density at radius 2 is 2.00 bits per heavy atom. The van der Waals surface area contributed by atoms with Crippen molar-refractivity contribution in [2.24, 2.45) is 5.73 Å². The van der Waals surface area contributed by atoms with Crippen LogP contribution in [0.1, 0.15) is 5.56 Å². The van der Waals surface area contributed by atoms with Gasteiger partial charge in [-0.05, 0) is 19.0 Å². The number of imide groups is 1. The largest absolute Gasteiger partial charge is 0.465 e. The van der Waals surface area contributed by atoms with E-state index in [0.717, 1.165) is 5.56 Å². The summed E-state index contributed by atoms with van der Waals surface area (Å²) in [4.78, 5) is 22.4. The Morgan fingerprint density at radius 1 is 1.39 bits per heavy atom. The zero-order valence-electron chi connectivity index (χ0n) is 10.2. The third-order valence-corrected chi connectivity index (χ3v) is 2.63. The van der Waals surface area contributed by atoms with Gasteiger partial charge < -0.3 is 16.2 Å². The minimum atomic E-state index is -1.34. The standard InChI is InChI=1S/C12H17N3O3/c1-14-10(7-9-5-3-2-4-6-9)8-15(11(13)16)12(17)18/h2-6,10,14H,7-8H2,1H3,(H2,13,16)(H,17,18)/t10-/m1/s1. The van der Waals surface area contributed by atoms with E-state index in [1.54, 1.807) is 7.05 Å². The molecule has 98 valence electrons. The summed E-state index contributed by atoms with van der Waals surface area (Å²) in [7, 11) is 1.72. The van der Waals surface area contributed by atoms with Crippen molar-refractivity contribution in [2.75, 3.05) is 13.6 Å². The third-order valence-electron chi connectivity index (χ3n) is 2.63. The fourth-order valence-electron chi connectivity index (χ4n) is 1.64. The highest BCUT2D eigenvalue weighted by molar-refractivity contribution is 5.88. The number of primary amides is 1. The van der Waals surface area contributed by atoms with E-state index in [1.165, 1.54) is 0 Å². The number of hydrogen-bond acceptors (Lipinski definition) is 3. The zero-order chi connectivity index (χ0) is 13.5. The average Bonchev–Trinajstić information content (AvgIpc) is 2.34. The fraction of sp³-hybridized carbons (Fsp3) is 0.333. The van der Waals surface area contributed by atoms with Crippen LogP contribution in [0.2, 0.25) is 0 Å². The lowest BCUT2D eigenvalue weighted by Gasteiger charge is -2.22. The molecule has 0 aliphatic rings. The lowest BCUT2D eigenvalue weighted by Crippen LogP contribution is -2.48. The topological polar surface area (TPSA) is 95.7 Å². The van der Waals surface area contributed by atoms with Gasteiger partial charge in [0.25, 0.3) is 0 Å². The highest BCUT2D eigenvalue weighted by Crippen LogP contribution is 2.05. The molecule has 1 atom stereocenters. The van der Waals surface area contributed by atoms with Crippen molar-refractivity contribution in [2.45, 2.75) is 12.5 Å². The molecular formula is C12H17N3O3. The maximum absolute atomic E-state index is 11.0. The van der Waals surface area contributed by atoms with E-state index in [4.69, 9.17) is 10.8 Å². The van der Waals surface area contributed by atoms with Gasteiger partial charge >= 0.3 is 12.1 Å². The van der Waals surface area contributed by atoms with E-state index < -0.39 is 12.1 Å². The Morgan fingerprint density at radius 3 is 2.44 bits per heavy atom. The smallest absolute Gasteiger partial charge is 0.415 e. The highest BCUT2D eigenvalue weighted by atomic mass is 16.4. The number of likely N-dealkylation sites (N-methyl/N-ethyl adjacent to an activating group) is 1. The molecule has 1 aromatic rings. The number of carboxylic acid groups (broad SMARTS) is 1. The summed E-state index contributed by atoms with van der Waals surface area (Å²) in [5.41, 5.74) is 6.07. The molecule has 0 saturated carbocycles. The molecule has 0 unspecified atom stereocenters. The first kappa shape index (κ1) is 14.0. The Labute approximate surface area is 105 Å². The van der Waals surface area contributed by atoms with Gasteiger partial charge in [-0.1, -0.05) is 30.3 Å². The first-order chi connectivity index (χ1) is 8.54. The summed E-state index contributed by atoms with van der Waals surface area (Å²) in [6.45, 7) is 0.0239. The summed E-state index contributed by atoms with van der Waals surface area (Å²) in [6.07, 6.45) is -0.718. The molecule has 0 aromatic heterocycles. The summed E-state index contributed by atoms with van der Waals surface area (Å²) >= 11 is 0. The second kappa shape index (κ2) is 6.61. The van der Waals surface area contributed by atoms with Crippen molar-refractivity contribution >= 4 is 12.1 Å². The molecule has 4 N–H and O–H groups in total. The number of nitrogens with zero attached hydrogens (tertiary/aromatic N) is 1. The number of rotatable bonds is 5. The van der Waals surface area contributed by atoms with Crippen LogP contribution in [0.3, 0.4) is 0 Å². The van der Waals surface area contributed by atoms with Crippen LogP contribution < -0.4 is 11.1 Å². The predicted octanol–water partition coefficient (Wildman–Crippen LogP) is 0.876. The van der Waals surface area contributed by atoms with Gasteiger partial charge in [0.1, 0.15) is 0 Å². The number of hydrogen-bond donors (Lipinski definition) is 3. The van der Waals surface area contributed by atoms with Gasteiger partial charge in [0.2, 0.25) is 0 Å². The number of nitrogens with one attached hydrogen (secondary N) is 1. The van der Waals surface area contributed by atoms with Crippen LogP contribution in [0.4, 0.5) is 9.59 Å². The molecule has 0 aliphatic heterocycles. The minimum absolute atomic E-state index is 0.0239. The molecule has 0 spiro atoms. The van der Waals surface area contributed by atoms with Crippen molar-refractivity contribution in [3.05, 3.63) is 35.9 Å².